The van der Waals surface area contributed by atoms with Crippen LogP contribution < -0.4 is 5.32 Å². The predicted molar refractivity (Wildman–Crippen MR) is 75.0 cm³/mol. The molecule has 2 N–H and O–H groups in total. The number of carboxylic acid groups (broad SMARTS) is 1. The topological polar surface area (TPSA) is 84.6 Å². The second-order valence-electron chi connectivity index (χ2n) is 4.89. The molecule has 110 valence electrons. The Labute approximate surface area is 121 Å². The van der Waals surface area contributed by atoms with Crippen molar-refractivity contribution >= 4 is 6.09 Å². The van der Waals surface area contributed by atoms with E-state index in [9.17, 15) is 4.79 Å². The molecule has 1 unspecified atom stereocenters. The van der Waals surface area contributed by atoms with Crippen molar-refractivity contribution in [2.24, 2.45) is 0 Å². The molecule has 2 heterocycles. The van der Waals surface area contributed by atoms with Crippen molar-refractivity contribution in [2.75, 3.05) is 13.2 Å². The SMILES string of the molecule is O=C(O)NCC1OCCCc2c(-c3cnco3)cccc21. The number of aromatic nitrogens is 1. The van der Waals surface area contributed by atoms with Crippen LogP contribution in [-0.2, 0) is 11.2 Å². The quantitative estimate of drug-likeness (QED) is 0.907. The summed E-state index contributed by atoms with van der Waals surface area (Å²) in [6.07, 6.45) is 3.53. The lowest BCUT2D eigenvalue weighted by Gasteiger charge is -2.19. The second-order valence-corrected chi connectivity index (χ2v) is 4.89. The van der Waals surface area contributed by atoms with Crippen LogP contribution in [0.5, 0.6) is 0 Å². The van der Waals surface area contributed by atoms with Crippen LogP contribution in [-0.4, -0.2) is 29.3 Å². The Morgan fingerprint density at radius 3 is 3.14 bits per heavy atom. The molecule has 0 bridgehead atoms. The average Bonchev–Trinajstić information content (AvgIpc) is 2.92. The van der Waals surface area contributed by atoms with Gasteiger partial charge in [-0.05, 0) is 24.0 Å². The summed E-state index contributed by atoms with van der Waals surface area (Å²) in [7, 11) is 0. The summed E-state index contributed by atoms with van der Waals surface area (Å²) in [5.41, 5.74) is 3.15. The molecule has 1 aromatic heterocycles. The lowest BCUT2D eigenvalue weighted by atomic mass is 9.93. The Morgan fingerprint density at radius 1 is 1.48 bits per heavy atom. The summed E-state index contributed by atoms with van der Waals surface area (Å²) in [5.74, 6) is 0.721. The van der Waals surface area contributed by atoms with Gasteiger partial charge in [-0.3, -0.25) is 0 Å². The second kappa shape index (κ2) is 5.97. The number of oxazole rings is 1. The van der Waals surface area contributed by atoms with E-state index in [1.165, 1.54) is 6.39 Å². The van der Waals surface area contributed by atoms with Gasteiger partial charge in [-0.2, -0.15) is 0 Å². The third-order valence-corrected chi connectivity index (χ3v) is 3.59. The molecule has 1 aromatic carbocycles. The minimum absolute atomic E-state index is 0.238. The van der Waals surface area contributed by atoms with Gasteiger partial charge in [-0.15, -0.1) is 0 Å². The Bertz CT molecular complexity index is 625. The molecule has 2 aromatic rings. The summed E-state index contributed by atoms with van der Waals surface area (Å²) in [6.45, 7) is 0.846. The van der Waals surface area contributed by atoms with Crippen molar-refractivity contribution < 1.29 is 19.1 Å². The van der Waals surface area contributed by atoms with Crippen molar-refractivity contribution in [1.29, 1.82) is 0 Å². The van der Waals surface area contributed by atoms with E-state index in [1.807, 2.05) is 18.2 Å². The molecule has 1 aliphatic rings. The first-order valence-electron chi connectivity index (χ1n) is 6.85. The number of nitrogens with one attached hydrogen (secondary N) is 1. The number of rotatable bonds is 3. The van der Waals surface area contributed by atoms with Gasteiger partial charge in [0.25, 0.3) is 0 Å². The highest BCUT2D eigenvalue weighted by atomic mass is 16.5. The number of fused-ring (bicyclic) bond motifs is 1. The van der Waals surface area contributed by atoms with E-state index in [4.69, 9.17) is 14.3 Å². The van der Waals surface area contributed by atoms with Crippen LogP contribution in [0.3, 0.4) is 0 Å². The van der Waals surface area contributed by atoms with E-state index in [0.29, 0.717) is 6.61 Å². The summed E-state index contributed by atoms with van der Waals surface area (Å²) >= 11 is 0. The maximum atomic E-state index is 10.7. The number of amides is 1. The lowest BCUT2D eigenvalue weighted by Crippen LogP contribution is -2.28. The minimum Gasteiger partial charge on any atom is -0.465 e. The van der Waals surface area contributed by atoms with Gasteiger partial charge < -0.3 is 19.6 Å². The molecule has 0 spiro atoms. The minimum atomic E-state index is -1.05. The van der Waals surface area contributed by atoms with Crippen LogP contribution >= 0.6 is 0 Å². The Kier molecular flexibility index (Phi) is 3.87. The third-order valence-electron chi connectivity index (χ3n) is 3.59. The fraction of sp³-hybridized carbons (Fsp3) is 0.333. The number of benzene rings is 1. The van der Waals surface area contributed by atoms with E-state index >= 15 is 0 Å². The van der Waals surface area contributed by atoms with E-state index in [2.05, 4.69) is 10.3 Å². The van der Waals surface area contributed by atoms with Crippen molar-refractivity contribution in [1.82, 2.24) is 10.3 Å². The molecule has 0 fully saturated rings. The van der Waals surface area contributed by atoms with Crippen molar-refractivity contribution in [3.8, 4) is 11.3 Å². The van der Waals surface area contributed by atoms with E-state index in [1.54, 1.807) is 6.20 Å². The molecule has 0 aliphatic carbocycles. The number of ether oxygens (including phenoxy) is 1. The first kappa shape index (κ1) is 13.6. The Morgan fingerprint density at radius 2 is 2.38 bits per heavy atom. The number of hydrogen-bond donors (Lipinski definition) is 2. The zero-order chi connectivity index (χ0) is 14.7. The largest absolute Gasteiger partial charge is 0.465 e. The standard InChI is InChI=1S/C15H16N2O4/c18-15(19)17-8-14-12-4-1-3-11(13-7-16-9-21-13)10(12)5-2-6-20-14/h1,3-4,7,9,14,17H,2,5-6,8H2,(H,18,19). The summed E-state index contributed by atoms with van der Waals surface area (Å²) < 4.78 is 11.2. The van der Waals surface area contributed by atoms with E-state index in [0.717, 1.165) is 35.3 Å². The fourth-order valence-electron chi connectivity index (χ4n) is 2.68. The third kappa shape index (κ3) is 2.90. The van der Waals surface area contributed by atoms with Gasteiger partial charge in [0.05, 0.1) is 12.7 Å². The van der Waals surface area contributed by atoms with Gasteiger partial charge in [-0.25, -0.2) is 9.78 Å². The first-order chi connectivity index (χ1) is 10.3. The van der Waals surface area contributed by atoms with Crippen LogP contribution in [0.25, 0.3) is 11.3 Å². The van der Waals surface area contributed by atoms with Crippen molar-refractivity contribution in [2.45, 2.75) is 18.9 Å². The zero-order valence-corrected chi connectivity index (χ0v) is 11.4. The Balaban J connectivity index is 1.97. The monoisotopic (exact) mass is 288 g/mol. The highest BCUT2D eigenvalue weighted by molar-refractivity contribution is 5.65. The van der Waals surface area contributed by atoms with Crippen LogP contribution in [0.1, 0.15) is 23.7 Å². The van der Waals surface area contributed by atoms with Gasteiger partial charge in [0.2, 0.25) is 0 Å². The summed E-state index contributed by atoms with van der Waals surface area (Å²) in [5, 5.41) is 11.2. The highest BCUT2D eigenvalue weighted by Crippen LogP contribution is 2.33. The van der Waals surface area contributed by atoms with Crippen molar-refractivity contribution in [3.63, 3.8) is 0 Å². The summed E-state index contributed by atoms with van der Waals surface area (Å²) in [4.78, 5) is 14.7. The van der Waals surface area contributed by atoms with Gasteiger partial charge in [0.15, 0.2) is 12.2 Å². The molecular formula is C15H16N2O4. The van der Waals surface area contributed by atoms with E-state index < -0.39 is 6.09 Å². The molecule has 0 radical (unpaired) electrons. The predicted octanol–water partition coefficient (Wildman–Crippen LogP) is 2.61. The molecule has 6 heteroatoms. The molecule has 1 amide bonds. The normalized spacial score (nSPS) is 17.8. The number of nitrogens with zero attached hydrogens (tertiary/aromatic N) is 1. The molecule has 0 saturated heterocycles. The highest BCUT2D eigenvalue weighted by Gasteiger charge is 2.23. The van der Waals surface area contributed by atoms with Gasteiger partial charge in [0, 0.05) is 12.2 Å². The average molecular weight is 288 g/mol. The first-order valence-corrected chi connectivity index (χ1v) is 6.85. The smallest absolute Gasteiger partial charge is 0.404 e. The van der Waals surface area contributed by atoms with Crippen LogP contribution in [0.2, 0.25) is 0 Å². The van der Waals surface area contributed by atoms with Gasteiger partial charge in [-0.1, -0.05) is 18.2 Å². The molecule has 1 atom stereocenters. The molecule has 1 aliphatic heterocycles. The molecule has 21 heavy (non-hydrogen) atoms. The van der Waals surface area contributed by atoms with Crippen LogP contribution in [0.15, 0.2) is 35.2 Å². The Hall–Kier alpha value is -2.34. The maximum absolute atomic E-state index is 10.7. The van der Waals surface area contributed by atoms with E-state index in [-0.39, 0.29) is 12.6 Å². The lowest BCUT2D eigenvalue weighted by molar-refractivity contribution is 0.0564. The number of hydrogen-bond acceptors (Lipinski definition) is 4. The molecular weight excluding hydrogens is 272 g/mol. The zero-order valence-electron chi connectivity index (χ0n) is 11.4. The molecule has 3 rings (SSSR count). The fourth-order valence-corrected chi connectivity index (χ4v) is 2.68. The summed E-state index contributed by atoms with van der Waals surface area (Å²) in [6, 6.07) is 5.90. The van der Waals surface area contributed by atoms with Crippen LogP contribution in [0, 0.1) is 0 Å². The van der Waals surface area contributed by atoms with Crippen molar-refractivity contribution in [3.05, 3.63) is 41.9 Å². The molecule has 0 saturated carbocycles. The van der Waals surface area contributed by atoms with Crippen LogP contribution in [0.4, 0.5) is 4.79 Å². The van der Waals surface area contributed by atoms with Gasteiger partial charge >= 0.3 is 6.09 Å². The maximum Gasteiger partial charge on any atom is 0.404 e. The molecule has 6 nitrogen and oxygen atoms in total. The number of carbonyl (C=O) groups is 1. The van der Waals surface area contributed by atoms with Gasteiger partial charge in [0.1, 0.15) is 6.10 Å².